The van der Waals surface area contributed by atoms with Crippen LogP contribution in [0.15, 0.2) is 0 Å². The second kappa shape index (κ2) is 11.4. The molecule has 0 saturated carbocycles. The van der Waals surface area contributed by atoms with Gasteiger partial charge in [-0.05, 0) is 41.5 Å². The normalized spacial score (nSPS) is 14.7. The summed E-state index contributed by atoms with van der Waals surface area (Å²) >= 11 is 0. The minimum absolute atomic E-state index is 0.291. The van der Waals surface area contributed by atoms with Crippen LogP contribution in [0.25, 0.3) is 0 Å². The SMILES string of the molecule is COC(=O)N[C@](C)(CN(C)C(=O)[C@@H](C)NC(=O)OC(C)(C)C)C(=O)N[C@@H](C)C(=O)OC. The highest BCUT2D eigenvalue weighted by atomic mass is 16.6. The Morgan fingerprint density at radius 1 is 0.871 bits per heavy atom. The zero-order valence-corrected chi connectivity index (χ0v) is 19.6. The summed E-state index contributed by atoms with van der Waals surface area (Å²) in [6, 6.07) is -1.97. The monoisotopic (exact) mass is 446 g/mol. The van der Waals surface area contributed by atoms with Crippen molar-refractivity contribution < 1.29 is 38.2 Å². The van der Waals surface area contributed by atoms with Crippen molar-refractivity contribution in [2.45, 2.75) is 64.8 Å². The Morgan fingerprint density at radius 3 is 1.87 bits per heavy atom. The van der Waals surface area contributed by atoms with Crippen molar-refractivity contribution in [3.63, 3.8) is 0 Å². The topological polar surface area (TPSA) is 152 Å². The van der Waals surface area contributed by atoms with Crippen LogP contribution in [0.1, 0.15) is 41.5 Å². The predicted octanol–water partition coefficient (Wildman–Crippen LogP) is 0.150. The molecule has 0 aromatic carbocycles. The fourth-order valence-corrected chi connectivity index (χ4v) is 2.46. The standard InChI is InChI=1S/C19H34N4O8/c1-11(21-16(27)31-18(3,4)5)13(24)23(7)10-19(6,22-17(28)30-9)15(26)20-12(2)14(25)29-8/h11-12H,10H2,1-9H3,(H,20,26)(H,21,27)(H,22,28)/t11-,12+,19-/m1/s1. The average Bonchev–Trinajstić information content (AvgIpc) is 2.64. The van der Waals surface area contributed by atoms with E-state index in [4.69, 9.17) is 4.74 Å². The number of rotatable bonds is 8. The number of ether oxygens (including phenoxy) is 3. The molecule has 3 N–H and O–H groups in total. The number of nitrogens with one attached hydrogen (secondary N) is 3. The summed E-state index contributed by atoms with van der Waals surface area (Å²) in [7, 11) is 3.68. The summed E-state index contributed by atoms with van der Waals surface area (Å²) in [4.78, 5) is 61.9. The van der Waals surface area contributed by atoms with Gasteiger partial charge < -0.3 is 35.1 Å². The maximum absolute atomic E-state index is 12.8. The lowest BCUT2D eigenvalue weighted by Crippen LogP contribution is -2.64. The van der Waals surface area contributed by atoms with Gasteiger partial charge in [-0.2, -0.15) is 0 Å². The van der Waals surface area contributed by atoms with Crippen LogP contribution < -0.4 is 16.0 Å². The number of carbonyl (C=O) groups excluding carboxylic acids is 5. The second-order valence-corrected chi connectivity index (χ2v) is 8.23. The number of amides is 4. The first-order chi connectivity index (χ1) is 14.1. The smallest absolute Gasteiger partial charge is 0.408 e. The molecule has 0 aromatic heterocycles. The van der Waals surface area contributed by atoms with Crippen molar-refractivity contribution in [3.8, 4) is 0 Å². The summed E-state index contributed by atoms with van der Waals surface area (Å²) in [5.74, 6) is -1.98. The van der Waals surface area contributed by atoms with E-state index in [9.17, 15) is 24.0 Å². The molecule has 0 spiro atoms. The van der Waals surface area contributed by atoms with Gasteiger partial charge >= 0.3 is 18.2 Å². The van der Waals surface area contributed by atoms with Crippen LogP contribution in [0.3, 0.4) is 0 Å². The van der Waals surface area contributed by atoms with E-state index >= 15 is 0 Å². The number of hydrogen-bond donors (Lipinski definition) is 3. The van der Waals surface area contributed by atoms with Gasteiger partial charge in [0.05, 0.1) is 20.8 Å². The van der Waals surface area contributed by atoms with Crippen LogP contribution in [-0.4, -0.2) is 85.9 Å². The van der Waals surface area contributed by atoms with Crippen LogP contribution in [0.5, 0.6) is 0 Å². The minimum atomic E-state index is -1.66. The van der Waals surface area contributed by atoms with Crippen LogP contribution >= 0.6 is 0 Å². The molecule has 0 bridgehead atoms. The van der Waals surface area contributed by atoms with E-state index < -0.39 is 53.2 Å². The van der Waals surface area contributed by atoms with E-state index in [1.807, 2.05) is 0 Å². The van der Waals surface area contributed by atoms with Gasteiger partial charge in [-0.3, -0.25) is 9.59 Å². The molecule has 0 radical (unpaired) electrons. The molecule has 0 unspecified atom stereocenters. The molecule has 0 saturated heterocycles. The lowest BCUT2D eigenvalue weighted by Gasteiger charge is -2.34. The maximum atomic E-state index is 12.8. The molecule has 178 valence electrons. The summed E-state index contributed by atoms with van der Waals surface area (Å²) in [6.07, 6.45) is -1.69. The van der Waals surface area contributed by atoms with E-state index in [1.165, 1.54) is 34.9 Å². The van der Waals surface area contributed by atoms with Gasteiger partial charge in [-0.15, -0.1) is 0 Å². The van der Waals surface area contributed by atoms with Crippen LogP contribution in [0.2, 0.25) is 0 Å². The quantitative estimate of drug-likeness (QED) is 0.352. The zero-order chi connectivity index (χ0) is 24.6. The molecular weight excluding hydrogens is 412 g/mol. The Morgan fingerprint density at radius 2 is 1.42 bits per heavy atom. The first kappa shape index (κ1) is 27.9. The number of carbonyl (C=O) groups is 5. The van der Waals surface area contributed by atoms with Gasteiger partial charge in [0, 0.05) is 7.05 Å². The molecule has 0 aliphatic rings. The molecule has 12 heteroatoms. The molecule has 0 heterocycles. The third kappa shape index (κ3) is 9.53. The molecule has 0 aromatic rings. The van der Waals surface area contributed by atoms with Crippen LogP contribution in [0.4, 0.5) is 9.59 Å². The van der Waals surface area contributed by atoms with E-state index in [1.54, 1.807) is 20.8 Å². The Balaban J connectivity index is 5.38. The Labute approximate surface area is 182 Å². The molecule has 0 fully saturated rings. The predicted molar refractivity (Wildman–Crippen MR) is 110 cm³/mol. The lowest BCUT2D eigenvalue weighted by molar-refractivity contribution is -0.145. The highest BCUT2D eigenvalue weighted by Crippen LogP contribution is 2.11. The van der Waals surface area contributed by atoms with Gasteiger partial charge in [-0.25, -0.2) is 14.4 Å². The van der Waals surface area contributed by atoms with Gasteiger partial charge in [0.25, 0.3) is 0 Å². The highest BCUT2D eigenvalue weighted by molar-refractivity contribution is 5.93. The summed E-state index contributed by atoms with van der Waals surface area (Å²) < 4.78 is 14.2. The Hall–Kier alpha value is -3.05. The van der Waals surface area contributed by atoms with Gasteiger partial charge in [-0.1, -0.05) is 0 Å². The van der Waals surface area contributed by atoms with Crippen molar-refractivity contribution in [3.05, 3.63) is 0 Å². The van der Waals surface area contributed by atoms with Crippen LogP contribution in [-0.2, 0) is 28.6 Å². The van der Waals surface area contributed by atoms with Crippen molar-refractivity contribution in [1.29, 1.82) is 0 Å². The van der Waals surface area contributed by atoms with Crippen molar-refractivity contribution in [2.24, 2.45) is 0 Å². The molecule has 3 atom stereocenters. The van der Waals surface area contributed by atoms with Crippen molar-refractivity contribution in [2.75, 3.05) is 27.8 Å². The summed E-state index contributed by atoms with van der Waals surface area (Å²) in [5.41, 5.74) is -2.40. The summed E-state index contributed by atoms with van der Waals surface area (Å²) in [5, 5.41) is 7.20. The highest BCUT2D eigenvalue weighted by Gasteiger charge is 2.39. The van der Waals surface area contributed by atoms with Gasteiger partial charge in [0.15, 0.2) is 0 Å². The van der Waals surface area contributed by atoms with Crippen molar-refractivity contribution in [1.82, 2.24) is 20.9 Å². The molecular formula is C19H34N4O8. The third-order valence-electron chi connectivity index (χ3n) is 4.00. The molecule has 12 nitrogen and oxygen atoms in total. The van der Waals surface area contributed by atoms with E-state index in [-0.39, 0.29) is 6.54 Å². The fourth-order valence-electron chi connectivity index (χ4n) is 2.46. The molecule has 0 rings (SSSR count). The molecule has 0 aliphatic heterocycles. The van der Waals surface area contributed by atoms with E-state index in [2.05, 4.69) is 25.4 Å². The Bertz CT molecular complexity index is 691. The lowest BCUT2D eigenvalue weighted by atomic mass is 9.99. The number of likely N-dealkylation sites (N-methyl/N-ethyl adjacent to an activating group) is 1. The number of methoxy groups -OCH3 is 2. The number of alkyl carbamates (subject to hydrolysis) is 2. The van der Waals surface area contributed by atoms with Crippen LogP contribution in [0, 0.1) is 0 Å². The number of nitrogens with zero attached hydrogens (tertiary/aromatic N) is 1. The zero-order valence-electron chi connectivity index (χ0n) is 19.6. The largest absolute Gasteiger partial charge is 0.467 e. The number of esters is 1. The van der Waals surface area contributed by atoms with E-state index in [0.29, 0.717) is 0 Å². The summed E-state index contributed by atoms with van der Waals surface area (Å²) in [6.45, 7) is 8.98. The molecule has 31 heavy (non-hydrogen) atoms. The average molecular weight is 447 g/mol. The van der Waals surface area contributed by atoms with E-state index in [0.717, 1.165) is 12.0 Å². The Kier molecular flexibility index (Phi) is 10.3. The molecule has 4 amide bonds. The first-order valence-corrected chi connectivity index (χ1v) is 9.55. The van der Waals surface area contributed by atoms with Crippen molar-refractivity contribution >= 4 is 30.0 Å². The first-order valence-electron chi connectivity index (χ1n) is 9.55. The second-order valence-electron chi connectivity index (χ2n) is 8.23. The number of hydrogen-bond acceptors (Lipinski definition) is 8. The molecule has 0 aliphatic carbocycles. The van der Waals surface area contributed by atoms with Gasteiger partial charge in [0.2, 0.25) is 11.8 Å². The van der Waals surface area contributed by atoms with Gasteiger partial charge in [0.1, 0.15) is 23.2 Å². The maximum Gasteiger partial charge on any atom is 0.408 e. The minimum Gasteiger partial charge on any atom is -0.467 e. The fraction of sp³-hybridized carbons (Fsp3) is 0.737. The third-order valence-corrected chi connectivity index (χ3v) is 4.00.